The van der Waals surface area contributed by atoms with Gasteiger partial charge in [0.05, 0.1) is 30.0 Å². The fraction of sp³-hybridized carbons (Fsp3) is 0.167. The van der Waals surface area contributed by atoms with Crippen molar-refractivity contribution in [2.45, 2.75) is 19.5 Å². The van der Waals surface area contributed by atoms with E-state index in [9.17, 15) is 18.0 Å². The van der Waals surface area contributed by atoms with Crippen molar-refractivity contribution in [1.82, 2.24) is 24.6 Å². The zero-order chi connectivity index (χ0) is 21.3. The molecule has 0 aliphatic rings. The summed E-state index contributed by atoms with van der Waals surface area (Å²) < 4.78 is 44.9. The SMILES string of the molecule is Cc1nc(-c2nccs2)ncc1OC(=O)Nn1cc(CC(F)(F)F)c2ccncc21. The van der Waals surface area contributed by atoms with Gasteiger partial charge in [0.15, 0.2) is 16.6 Å². The molecule has 8 nitrogen and oxygen atoms in total. The van der Waals surface area contributed by atoms with Crippen molar-refractivity contribution in [3.05, 3.63) is 53.7 Å². The summed E-state index contributed by atoms with van der Waals surface area (Å²) in [5.74, 6) is 0.507. The minimum atomic E-state index is -4.39. The van der Waals surface area contributed by atoms with Gasteiger partial charge in [0.25, 0.3) is 0 Å². The van der Waals surface area contributed by atoms with E-state index in [-0.39, 0.29) is 11.3 Å². The largest absolute Gasteiger partial charge is 0.432 e. The number of ether oxygens (including phenoxy) is 1. The molecule has 12 heteroatoms. The number of alkyl halides is 3. The molecule has 4 aromatic rings. The van der Waals surface area contributed by atoms with Crippen LogP contribution in [0.2, 0.25) is 0 Å². The molecule has 4 aromatic heterocycles. The first kappa shape index (κ1) is 19.8. The molecule has 0 radical (unpaired) electrons. The highest BCUT2D eigenvalue weighted by molar-refractivity contribution is 7.12. The van der Waals surface area contributed by atoms with Crippen molar-refractivity contribution in [2.75, 3.05) is 5.43 Å². The van der Waals surface area contributed by atoms with Gasteiger partial charge in [0.1, 0.15) is 0 Å². The second-order valence-corrected chi connectivity index (χ2v) is 7.09. The van der Waals surface area contributed by atoms with Gasteiger partial charge in [-0.1, -0.05) is 0 Å². The van der Waals surface area contributed by atoms with Gasteiger partial charge in [-0.3, -0.25) is 9.66 Å². The minimum Gasteiger partial charge on any atom is -0.406 e. The number of fused-ring (bicyclic) bond motifs is 1. The van der Waals surface area contributed by atoms with Gasteiger partial charge < -0.3 is 4.74 Å². The zero-order valence-electron chi connectivity index (χ0n) is 15.3. The van der Waals surface area contributed by atoms with Crippen molar-refractivity contribution in [2.24, 2.45) is 0 Å². The van der Waals surface area contributed by atoms with Crippen LogP contribution in [-0.4, -0.2) is 36.9 Å². The minimum absolute atomic E-state index is 0.00696. The van der Waals surface area contributed by atoms with Crippen LogP contribution >= 0.6 is 11.3 Å². The van der Waals surface area contributed by atoms with Crippen LogP contribution in [0.5, 0.6) is 5.75 Å². The number of aryl methyl sites for hydroxylation is 1. The summed E-state index contributed by atoms with van der Waals surface area (Å²) in [5, 5.41) is 2.74. The molecule has 4 rings (SSSR count). The highest BCUT2D eigenvalue weighted by atomic mass is 32.1. The van der Waals surface area contributed by atoms with E-state index >= 15 is 0 Å². The molecule has 0 saturated heterocycles. The summed E-state index contributed by atoms with van der Waals surface area (Å²) >= 11 is 1.37. The second kappa shape index (κ2) is 7.71. The average molecular weight is 434 g/mol. The second-order valence-electron chi connectivity index (χ2n) is 6.19. The Kier molecular flexibility index (Phi) is 5.08. The number of thiazole rings is 1. The number of rotatable bonds is 4. The van der Waals surface area contributed by atoms with Crippen molar-refractivity contribution >= 4 is 28.3 Å². The molecule has 0 aliphatic heterocycles. The third-order valence-corrected chi connectivity index (χ3v) is 4.82. The van der Waals surface area contributed by atoms with Gasteiger partial charge in [-0.25, -0.2) is 25.2 Å². The van der Waals surface area contributed by atoms with Crippen molar-refractivity contribution in [3.63, 3.8) is 0 Å². The molecule has 4 heterocycles. The first-order valence-corrected chi connectivity index (χ1v) is 9.41. The normalized spacial score (nSPS) is 11.6. The zero-order valence-corrected chi connectivity index (χ0v) is 16.2. The van der Waals surface area contributed by atoms with Crippen LogP contribution in [0.1, 0.15) is 11.3 Å². The summed E-state index contributed by atoms with van der Waals surface area (Å²) in [6.45, 7) is 1.64. The number of carbonyl (C=O) groups is 1. The number of nitrogens with one attached hydrogen (secondary N) is 1. The molecule has 1 amide bonds. The molecular formula is C18H13F3N6O2S. The third-order valence-electron chi connectivity index (χ3n) is 4.05. The molecule has 0 unspecified atom stereocenters. The van der Waals surface area contributed by atoms with Crippen LogP contribution in [0.4, 0.5) is 18.0 Å². The Morgan fingerprint density at radius 1 is 1.27 bits per heavy atom. The molecule has 0 spiro atoms. The predicted molar refractivity (Wildman–Crippen MR) is 103 cm³/mol. The van der Waals surface area contributed by atoms with Gasteiger partial charge in [-0.05, 0) is 18.6 Å². The molecule has 0 aromatic carbocycles. The summed E-state index contributed by atoms with van der Waals surface area (Å²) in [7, 11) is 0. The fourth-order valence-electron chi connectivity index (χ4n) is 2.81. The number of hydrogen-bond donors (Lipinski definition) is 1. The maximum absolute atomic E-state index is 12.9. The van der Waals surface area contributed by atoms with Crippen LogP contribution in [0.15, 0.2) is 42.4 Å². The summed E-state index contributed by atoms with van der Waals surface area (Å²) in [6, 6.07) is 1.45. The first-order valence-electron chi connectivity index (χ1n) is 8.53. The van der Waals surface area contributed by atoms with Gasteiger partial charge in [-0.2, -0.15) is 13.2 Å². The van der Waals surface area contributed by atoms with E-state index in [1.54, 1.807) is 18.5 Å². The molecule has 0 bridgehead atoms. The topological polar surface area (TPSA) is 94.8 Å². The molecule has 0 saturated carbocycles. The maximum atomic E-state index is 12.9. The fourth-order valence-corrected chi connectivity index (χ4v) is 3.38. The van der Waals surface area contributed by atoms with Gasteiger partial charge in [-0.15, -0.1) is 11.3 Å². The molecular weight excluding hydrogens is 421 g/mol. The van der Waals surface area contributed by atoms with Gasteiger partial charge in [0.2, 0.25) is 0 Å². The quantitative estimate of drug-likeness (QED) is 0.520. The van der Waals surface area contributed by atoms with Crippen LogP contribution < -0.4 is 10.2 Å². The van der Waals surface area contributed by atoms with Crippen molar-refractivity contribution in [3.8, 4) is 16.6 Å². The summed E-state index contributed by atoms with van der Waals surface area (Å²) in [6.07, 6.45) is 0.447. The number of nitrogens with zero attached hydrogens (tertiary/aromatic N) is 5. The van der Waals surface area contributed by atoms with Gasteiger partial charge >= 0.3 is 12.3 Å². The molecule has 30 heavy (non-hydrogen) atoms. The number of aromatic nitrogens is 5. The summed E-state index contributed by atoms with van der Waals surface area (Å²) in [4.78, 5) is 28.7. The smallest absolute Gasteiger partial charge is 0.406 e. The number of carbonyl (C=O) groups excluding carboxylic acids is 1. The van der Waals surface area contributed by atoms with Crippen molar-refractivity contribution in [1.29, 1.82) is 0 Å². The van der Waals surface area contributed by atoms with Crippen LogP contribution in [0.25, 0.3) is 21.7 Å². The lowest BCUT2D eigenvalue weighted by Crippen LogP contribution is -2.25. The average Bonchev–Trinajstić information content (AvgIpc) is 3.32. The Labute approximate surface area is 171 Å². The van der Waals surface area contributed by atoms with E-state index < -0.39 is 18.7 Å². The lowest BCUT2D eigenvalue weighted by atomic mass is 10.1. The molecule has 0 atom stereocenters. The van der Waals surface area contributed by atoms with E-state index in [0.717, 1.165) is 4.68 Å². The highest BCUT2D eigenvalue weighted by Crippen LogP contribution is 2.28. The van der Waals surface area contributed by atoms with E-state index in [4.69, 9.17) is 4.74 Å². The van der Waals surface area contributed by atoms with Crippen LogP contribution in [0, 0.1) is 6.92 Å². The third kappa shape index (κ3) is 4.22. The van der Waals surface area contributed by atoms with E-state index in [1.807, 2.05) is 0 Å². The number of pyridine rings is 1. The standard InChI is InChI=1S/C18H13F3N6O2S/c1-10-14(8-24-15(25-10)16-23-4-5-30-16)29-17(28)26-27-9-11(6-18(19,20)21)12-2-3-22-7-13(12)27/h2-5,7-9H,6H2,1H3,(H,26,28). The Morgan fingerprint density at radius 3 is 2.80 bits per heavy atom. The van der Waals surface area contributed by atoms with E-state index in [1.165, 1.54) is 42.2 Å². The maximum Gasteiger partial charge on any atom is 0.432 e. The molecule has 0 aliphatic carbocycles. The molecule has 1 N–H and O–H groups in total. The van der Waals surface area contributed by atoms with Crippen LogP contribution in [-0.2, 0) is 6.42 Å². The Hall–Kier alpha value is -3.54. The monoisotopic (exact) mass is 434 g/mol. The Bertz CT molecular complexity index is 1210. The highest BCUT2D eigenvalue weighted by Gasteiger charge is 2.29. The predicted octanol–water partition coefficient (Wildman–Crippen LogP) is 4.11. The van der Waals surface area contributed by atoms with Gasteiger partial charge in [0, 0.05) is 29.4 Å². The van der Waals surface area contributed by atoms with Crippen molar-refractivity contribution < 1.29 is 22.7 Å². The molecule has 154 valence electrons. The Morgan fingerprint density at radius 2 is 2.10 bits per heavy atom. The lowest BCUT2D eigenvalue weighted by molar-refractivity contribution is -0.127. The van der Waals surface area contributed by atoms with E-state index in [2.05, 4.69) is 25.4 Å². The molecule has 0 fully saturated rings. The summed E-state index contributed by atoms with van der Waals surface area (Å²) in [5.41, 5.74) is 3.11. The van der Waals surface area contributed by atoms with Crippen LogP contribution in [0.3, 0.4) is 0 Å². The lowest BCUT2D eigenvalue weighted by Gasteiger charge is -2.10. The Balaban J connectivity index is 1.54. The first-order chi connectivity index (χ1) is 14.3. The number of amides is 1. The number of hydrogen-bond acceptors (Lipinski definition) is 7. The number of halogens is 3. The van der Waals surface area contributed by atoms with E-state index in [0.29, 0.717) is 27.4 Å².